The number of amides is 2. The van der Waals surface area contributed by atoms with E-state index in [0.29, 0.717) is 18.8 Å². The van der Waals surface area contributed by atoms with Crippen LogP contribution >= 0.6 is 27.5 Å². The van der Waals surface area contributed by atoms with E-state index in [9.17, 15) is 17.6 Å². The summed E-state index contributed by atoms with van der Waals surface area (Å²) in [6, 6.07) is 13.7. The molecule has 0 aliphatic heterocycles. The molecule has 0 saturated carbocycles. The van der Waals surface area contributed by atoms with Crippen molar-refractivity contribution in [2.75, 3.05) is 18.4 Å². The molecule has 1 atom stereocenters. The molecule has 1 unspecified atom stereocenters. The highest BCUT2D eigenvalue weighted by Crippen LogP contribution is 2.31. The third-order valence-electron chi connectivity index (χ3n) is 6.29. The van der Waals surface area contributed by atoms with E-state index < -0.39 is 27.9 Å². The molecule has 0 aliphatic rings. The maximum absolute atomic E-state index is 14.6. The molecule has 2 N–H and O–H groups in total. The maximum atomic E-state index is 14.6. The Hall–Kier alpha value is -2.46. The Labute approximate surface area is 231 Å². The monoisotopic (exact) mass is 609 g/mol. The van der Waals surface area contributed by atoms with Crippen molar-refractivity contribution >= 4 is 49.3 Å². The number of urea groups is 1. The standard InChI is InChI=1S/C27H30BrClFN3O3S/c1-5-33(6-2)37(35,36)19-14-17(3)18(4)25(15-19)31-27(34)32-26(20-10-7-8-11-22(20)28)16-21-23(29)12-9-13-24(21)30/h7-15,26H,5-6,16H2,1-4H3,(H2,31,32,34). The lowest BCUT2D eigenvalue weighted by Crippen LogP contribution is -2.34. The number of carbonyl (C=O) groups is 1. The zero-order valence-electron chi connectivity index (χ0n) is 21.1. The number of nitrogens with zero attached hydrogens (tertiary/aromatic N) is 1. The van der Waals surface area contributed by atoms with Crippen LogP contribution in [0.4, 0.5) is 14.9 Å². The Morgan fingerprint density at radius 1 is 1.08 bits per heavy atom. The van der Waals surface area contributed by atoms with Crippen molar-refractivity contribution in [3.8, 4) is 0 Å². The van der Waals surface area contributed by atoms with E-state index in [-0.39, 0.29) is 21.9 Å². The Bertz CT molecular complexity index is 1380. The molecule has 0 aliphatic carbocycles. The molecule has 3 aromatic carbocycles. The normalized spacial score (nSPS) is 12.4. The van der Waals surface area contributed by atoms with Crippen molar-refractivity contribution in [2.45, 2.75) is 45.1 Å². The Morgan fingerprint density at radius 3 is 2.38 bits per heavy atom. The highest BCUT2D eigenvalue weighted by molar-refractivity contribution is 9.10. The van der Waals surface area contributed by atoms with Crippen LogP contribution in [-0.2, 0) is 16.4 Å². The largest absolute Gasteiger partial charge is 0.331 e. The minimum atomic E-state index is -3.72. The van der Waals surface area contributed by atoms with Crippen molar-refractivity contribution in [1.82, 2.24) is 9.62 Å². The number of rotatable bonds is 9. The third-order valence-corrected chi connectivity index (χ3v) is 9.39. The minimum Gasteiger partial charge on any atom is -0.331 e. The van der Waals surface area contributed by atoms with Gasteiger partial charge in [-0.15, -0.1) is 0 Å². The van der Waals surface area contributed by atoms with Gasteiger partial charge in [0.1, 0.15) is 5.82 Å². The quantitative estimate of drug-likeness (QED) is 0.274. The number of nitrogens with one attached hydrogen (secondary N) is 2. The molecule has 10 heteroatoms. The van der Waals surface area contributed by atoms with Gasteiger partial charge in [0.25, 0.3) is 0 Å². The van der Waals surface area contributed by atoms with E-state index in [4.69, 9.17) is 11.6 Å². The fourth-order valence-corrected chi connectivity index (χ4v) is 6.43. The van der Waals surface area contributed by atoms with Gasteiger partial charge < -0.3 is 10.6 Å². The fraction of sp³-hybridized carbons (Fsp3) is 0.296. The fourth-order valence-electron chi connectivity index (χ4n) is 4.06. The van der Waals surface area contributed by atoms with Crippen LogP contribution in [0.3, 0.4) is 0 Å². The second-order valence-corrected chi connectivity index (χ2v) is 11.8. The lowest BCUT2D eigenvalue weighted by atomic mass is 9.98. The lowest BCUT2D eigenvalue weighted by molar-refractivity contribution is 0.248. The molecule has 3 aromatic rings. The summed E-state index contributed by atoms with van der Waals surface area (Å²) in [7, 11) is -3.72. The maximum Gasteiger partial charge on any atom is 0.319 e. The summed E-state index contributed by atoms with van der Waals surface area (Å²) in [5.74, 6) is -0.465. The van der Waals surface area contributed by atoms with Gasteiger partial charge in [0, 0.05) is 40.3 Å². The van der Waals surface area contributed by atoms with Gasteiger partial charge in [0.2, 0.25) is 10.0 Å². The summed E-state index contributed by atoms with van der Waals surface area (Å²) in [5.41, 5.74) is 2.86. The van der Waals surface area contributed by atoms with Gasteiger partial charge in [-0.2, -0.15) is 4.31 Å². The summed E-state index contributed by atoms with van der Waals surface area (Å²) in [6.45, 7) is 7.83. The summed E-state index contributed by atoms with van der Waals surface area (Å²) in [5, 5.41) is 5.97. The number of hydrogen-bond acceptors (Lipinski definition) is 3. The van der Waals surface area contributed by atoms with Crippen molar-refractivity contribution in [3.63, 3.8) is 0 Å². The molecule has 0 saturated heterocycles. The number of carbonyl (C=O) groups excluding carboxylic acids is 1. The van der Waals surface area contributed by atoms with Gasteiger partial charge in [0.15, 0.2) is 0 Å². The molecule has 198 valence electrons. The van der Waals surface area contributed by atoms with Crippen molar-refractivity contribution in [2.24, 2.45) is 0 Å². The molecule has 3 rings (SSSR count). The van der Waals surface area contributed by atoms with Gasteiger partial charge >= 0.3 is 6.03 Å². The van der Waals surface area contributed by atoms with E-state index in [2.05, 4.69) is 26.6 Å². The van der Waals surface area contributed by atoms with E-state index in [1.54, 1.807) is 32.9 Å². The molecule has 37 heavy (non-hydrogen) atoms. The third kappa shape index (κ3) is 6.71. The van der Waals surface area contributed by atoms with Crippen LogP contribution in [0.1, 0.15) is 42.1 Å². The summed E-state index contributed by atoms with van der Waals surface area (Å²) < 4.78 is 42.9. The average Bonchev–Trinajstić information content (AvgIpc) is 2.84. The van der Waals surface area contributed by atoms with Crippen molar-refractivity contribution < 1.29 is 17.6 Å². The molecular weight excluding hydrogens is 581 g/mol. The second-order valence-electron chi connectivity index (χ2n) is 8.58. The highest BCUT2D eigenvalue weighted by atomic mass is 79.9. The Balaban J connectivity index is 1.94. The van der Waals surface area contributed by atoms with Crippen LogP contribution in [0, 0.1) is 19.7 Å². The highest BCUT2D eigenvalue weighted by Gasteiger charge is 2.25. The summed E-state index contributed by atoms with van der Waals surface area (Å²) >= 11 is 9.79. The molecule has 0 spiro atoms. The van der Waals surface area contributed by atoms with Crippen LogP contribution in [0.2, 0.25) is 5.02 Å². The molecular formula is C27H30BrClFN3O3S. The molecule has 0 heterocycles. The van der Waals surface area contributed by atoms with Crippen molar-refractivity contribution in [1.29, 1.82) is 0 Å². The molecule has 6 nitrogen and oxygen atoms in total. The predicted molar refractivity (Wildman–Crippen MR) is 150 cm³/mol. The smallest absolute Gasteiger partial charge is 0.319 e. The zero-order valence-corrected chi connectivity index (χ0v) is 24.3. The first-order chi connectivity index (χ1) is 17.5. The predicted octanol–water partition coefficient (Wildman–Crippen LogP) is 6.99. The molecule has 0 bridgehead atoms. The van der Waals surface area contributed by atoms with Crippen LogP contribution in [0.15, 0.2) is 64.0 Å². The van der Waals surface area contributed by atoms with Crippen molar-refractivity contribution in [3.05, 3.63) is 92.2 Å². The summed E-state index contributed by atoms with van der Waals surface area (Å²) in [4.78, 5) is 13.3. The summed E-state index contributed by atoms with van der Waals surface area (Å²) in [6.07, 6.45) is 0.107. The lowest BCUT2D eigenvalue weighted by Gasteiger charge is -2.23. The van der Waals surface area contributed by atoms with Crippen LogP contribution in [-0.4, -0.2) is 31.8 Å². The van der Waals surface area contributed by atoms with E-state index in [0.717, 1.165) is 21.2 Å². The topological polar surface area (TPSA) is 78.5 Å². The second kappa shape index (κ2) is 12.4. The van der Waals surface area contributed by atoms with Gasteiger partial charge in [-0.3, -0.25) is 0 Å². The van der Waals surface area contributed by atoms with Gasteiger partial charge in [-0.05, 0) is 60.9 Å². The van der Waals surface area contributed by atoms with Gasteiger partial charge in [0.05, 0.1) is 10.9 Å². The number of benzene rings is 3. The van der Waals surface area contributed by atoms with Crippen LogP contribution in [0.5, 0.6) is 0 Å². The number of hydrogen-bond donors (Lipinski definition) is 2. The van der Waals surface area contributed by atoms with E-state index >= 15 is 0 Å². The number of aryl methyl sites for hydroxylation is 1. The first-order valence-corrected chi connectivity index (χ1v) is 14.5. The minimum absolute atomic E-state index is 0.107. The molecule has 0 radical (unpaired) electrons. The van der Waals surface area contributed by atoms with E-state index in [1.807, 2.05) is 31.2 Å². The van der Waals surface area contributed by atoms with Gasteiger partial charge in [-0.1, -0.05) is 65.6 Å². The van der Waals surface area contributed by atoms with Crippen LogP contribution < -0.4 is 10.6 Å². The average molecular weight is 611 g/mol. The molecule has 2 amide bonds. The first-order valence-electron chi connectivity index (χ1n) is 11.9. The number of halogens is 3. The Kier molecular flexibility index (Phi) is 9.74. The SMILES string of the molecule is CCN(CC)S(=O)(=O)c1cc(C)c(C)c(NC(=O)NC(Cc2c(F)cccc2Cl)c2ccccc2Br)c1. The van der Waals surface area contributed by atoms with Crippen LogP contribution in [0.25, 0.3) is 0 Å². The zero-order chi connectivity index (χ0) is 27.3. The first kappa shape index (κ1) is 29.1. The van der Waals surface area contributed by atoms with E-state index in [1.165, 1.54) is 22.5 Å². The molecule has 0 fully saturated rings. The number of anilines is 1. The number of sulfonamides is 1. The van der Waals surface area contributed by atoms with Gasteiger partial charge in [-0.25, -0.2) is 17.6 Å². The Morgan fingerprint density at radius 2 is 1.76 bits per heavy atom. The molecule has 0 aromatic heterocycles.